The van der Waals surface area contributed by atoms with Gasteiger partial charge in [0.25, 0.3) is 0 Å². The van der Waals surface area contributed by atoms with E-state index in [2.05, 4.69) is 0 Å². The van der Waals surface area contributed by atoms with Crippen LogP contribution in [0.25, 0.3) is 0 Å². The van der Waals surface area contributed by atoms with E-state index in [1.165, 1.54) is 6.92 Å². The summed E-state index contributed by atoms with van der Waals surface area (Å²) in [6.07, 6.45) is 1.17. The molecule has 0 fully saturated rings. The first-order valence-electron chi connectivity index (χ1n) is 9.86. The molecule has 0 radical (unpaired) electrons. The Balaban J connectivity index is 2.05. The maximum Gasteiger partial charge on any atom is 0.311 e. The minimum Gasteiger partial charge on any atom is -0.488 e. The smallest absolute Gasteiger partial charge is 0.311 e. The highest BCUT2D eigenvalue weighted by Gasteiger charge is 2.52. The van der Waals surface area contributed by atoms with E-state index in [0.717, 1.165) is 12.0 Å². The molecule has 0 N–H and O–H groups in total. The minimum atomic E-state index is -0.904. The molecule has 0 aromatic heterocycles. The highest BCUT2D eigenvalue weighted by atomic mass is 16.6. The van der Waals surface area contributed by atoms with E-state index in [1.807, 2.05) is 6.92 Å². The van der Waals surface area contributed by atoms with Crippen molar-refractivity contribution in [2.45, 2.75) is 84.5 Å². The van der Waals surface area contributed by atoms with Gasteiger partial charge in [-0.3, -0.25) is 14.4 Å². The first-order chi connectivity index (χ1) is 13.1. The maximum absolute atomic E-state index is 12.5. The summed E-state index contributed by atoms with van der Waals surface area (Å²) in [6, 6.07) is 0. The van der Waals surface area contributed by atoms with Gasteiger partial charge in [0.2, 0.25) is 0 Å². The van der Waals surface area contributed by atoms with Crippen LogP contribution in [0.5, 0.6) is 0 Å². The van der Waals surface area contributed by atoms with E-state index in [-0.39, 0.29) is 17.9 Å². The van der Waals surface area contributed by atoms with Gasteiger partial charge in [0.15, 0.2) is 12.2 Å². The van der Waals surface area contributed by atoms with E-state index >= 15 is 0 Å². The van der Waals surface area contributed by atoms with Crippen LogP contribution in [0.1, 0.15) is 66.7 Å². The molecule has 0 bridgehead atoms. The third-order valence-electron chi connectivity index (χ3n) is 5.55. The predicted octanol–water partition coefficient (Wildman–Crippen LogP) is 3.32. The fraction of sp³-hybridized carbons (Fsp3) is 0.667. The van der Waals surface area contributed by atoms with Gasteiger partial charge in [-0.2, -0.15) is 0 Å². The Bertz CT molecular complexity index is 759. The average Bonchev–Trinajstić information content (AvgIpc) is 2.62. The van der Waals surface area contributed by atoms with Crippen molar-refractivity contribution in [1.29, 1.82) is 0 Å². The second kappa shape index (κ2) is 7.60. The fourth-order valence-corrected chi connectivity index (χ4v) is 3.81. The zero-order chi connectivity index (χ0) is 20.6. The summed E-state index contributed by atoms with van der Waals surface area (Å²) in [6.45, 7) is 8.60. The van der Waals surface area contributed by atoms with E-state index in [1.54, 1.807) is 20.8 Å². The average molecular weight is 392 g/mol. The van der Waals surface area contributed by atoms with Crippen molar-refractivity contribution in [3.05, 3.63) is 22.7 Å². The Morgan fingerprint density at radius 2 is 1.86 bits per heavy atom. The molecule has 0 spiro atoms. The monoisotopic (exact) mass is 392 g/mol. The Morgan fingerprint density at radius 3 is 2.50 bits per heavy atom. The van der Waals surface area contributed by atoms with Crippen molar-refractivity contribution in [3.63, 3.8) is 0 Å². The molecular weight excluding hydrogens is 364 g/mol. The molecule has 3 atom stereocenters. The van der Waals surface area contributed by atoms with Gasteiger partial charge in [-0.1, -0.05) is 13.8 Å². The number of hydrogen-bond acceptors (Lipinski definition) is 7. The topological polar surface area (TPSA) is 88.1 Å². The second-order valence-electron chi connectivity index (χ2n) is 8.15. The van der Waals surface area contributed by atoms with Crippen LogP contribution in [-0.2, 0) is 33.3 Å². The quantitative estimate of drug-likeness (QED) is 0.536. The predicted molar refractivity (Wildman–Crippen MR) is 98.7 cm³/mol. The van der Waals surface area contributed by atoms with Crippen molar-refractivity contribution < 1.29 is 33.3 Å². The van der Waals surface area contributed by atoms with Crippen LogP contribution in [0.3, 0.4) is 0 Å². The van der Waals surface area contributed by atoms with Gasteiger partial charge in [-0.15, -0.1) is 0 Å². The summed E-state index contributed by atoms with van der Waals surface area (Å²) in [7, 11) is 0. The molecular formula is C21H28O7. The van der Waals surface area contributed by atoms with E-state index < -0.39 is 23.8 Å². The summed E-state index contributed by atoms with van der Waals surface area (Å²) in [5.74, 6) is -0.459. The SMILES string of the molecule is CCC(C)C(=O)O[C@@H]1[C@H](OC(C)=O)C2=C(CCC3=C2OC(=O)CC3)OC1(C)C. The van der Waals surface area contributed by atoms with E-state index in [9.17, 15) is 14.4 Å². The number of fused-ring (bicyclic) bond motifs is 1. The molecule has 0 amide bonds. The van der Waals surface area contributed by atoms with E-state index in [0.29, 0.717) is 42.8 Å². The number of rotatable bonds is 4. The van der Waals surface area contributed by atoms with Crippen molar-refractivity contribution in [2.75, 3.05) is 0 Å². The van der Waals surface area contributed by atoms with Crippen LogP contribution in [0.15, 0.2) is 22.7 Å². The first-order valence-corrected chi connectivity index (χ1v) is 9.86. The molecule has 3 rings (SSSR count). The summed E-state index contributed by atoms with van der Waals surface area (Å²) in [4.78, 5) is 36.3. The lowest BCUT2D eigenvalue weighted by atomic mass is 9.81. The van der Waals surface area contributed by atoms with Gasteiger partial charge in [0.05, 0.1) is 11.5 Å². The lowest BCUT2D eigenvalue weighted by molar-refractivity contribution is -0.195. The molecule has 3 aliphatic rings. The number of carbonyl (C=O) groups excluding carboxylic acids is 3. The lowest BCUT2D eigenvalue weighted by Crippen LogP contribution is -2.56. The summed E-state index contributed by atoms with van der Waals surface area (Å²) in [5, 5.41) is 0. The third kappa shape index (κ3) is 3.80. The van der Waals surface area contributed by atoms with Crippen LogP contribution < -0.4 is 0 Å². The molecule has 0 saturated heterocycles. The Kier molecular flexibility index (Phi) is 5.55. The van der Waals surface area contributed by atoms with Crippen molar-refractivity contribution in [3.8, 4) is 0 Å². The molecule has 1 unspecified atom stereocenters. The normalized spacial score (nSPS) is 27.1. The Labute approximate surface area is 165 Å². The molecule has 0 aromatic rings. The van der Waals surface area contributed by atoms with Crippen LogP contribution in [0.2, 0.25) is 0 Å². The molecule has 7 nitrogen and oxygen atoms in total. The summed E-state index contributed by atoms with van der Waals surface area (Å²) < 4.78 is 23.1. The zero-order valence-electron chi connectivity index (χ0n) is 17.1. The number of esters is 3. The highest BCUT2D eigenvalue weighted by Crippen LogP contribution is 2.46. The molecule has 1 aliphatic carbocycles. The van der Waals surface area contributed by atoms with E-state index in [4.69, 9.17) is 18.9 Å². The number of allylic oxidation sites excluding steroid dienone is 2. The second-order valence-corrected chi connectivity index (χ2v) is 8.15. The van der Waals surface area contributed by atoms with Gasteiger partial charge in [-0.25, -0.2) is 0 Å². The lowest BCUT2D eigenvalue weighted by Gasteiger charge is -2.46. The summed E-state index contributed by atoms with van der Waals surface area (Å²) >= 11 is 0. The maximum atomic E-state index is 12.5. The van der Waals surface area contributed by atoms with Crippen molar-refractivity contribution >= 4 is 17.9 Å². The number of carbonyl (C=O) groups is 3. The van der Waals surface area contributed by atoms with Crippen LogP contribution in [-0.4, -0.2) is 35.7 Å². The van der Waals surface area contributed by atoms with Crippen LogP contribution in [0, 0.1) is 5.92 Å². The molecule has 0 aromatic carbocycles. The van der Waals surface area contributed by atoms with Crippen LogP contribution in [0.4, 0.5) is 0 Å². The van der Waals surface area contributed by atoms with Crippen molar-refractivity contribution in [2.24, 2.45) is 5.92 Å². The Morgan fingerprint density at radius 1 is 1.18 bits per heavy atom. The van der Waals surface area contributed by atoms with Gasteiger partial charge < -0.3 is 18.9 Å². The van der Waals surface area contributed by atoms with Crippen LogP contribution >= 0.6 is 0 Å². The van der Waals surface area contributed by atoms with Crippen molar-refractivity contribution in [1.82, 2.24) is 0 Å². The molecule has 0 saturated carbocycles. The number of hydrogen-bond donors (Lipinski definition) is 0. The molecule has 2 heterocycles. The molecule has 28 heavy (non-hydrogen) atoms. The van der Waals surface area contributed by atoms with Gasteiger partial charge in [0, 0.05) is 19.8 Å². The van der Waals surface area contributed by atoms with Gasteiger partial charge in [0.1, 0.15) is 17.1 Å². The first kappa shape index (κ1) is 20.4. The number of ether oxygens (including phenoxy) is 4. The zero-order valence-corrected chi connectivity index (χ0v) is 17.1. The van der Waals surface area contributed by atoms with Gasteiger partial charge >= 0.3 is 17.9 Å². The third-order valence-corrected chi connectivity index (χ3v) is 5.55. The molecule has 7 heteroatoms. The minimum absolute atomic E-state index is 0.294. The fourth-order valence-electron chi connectivity index (χ4n) is 3.81. The summed E-state index contributed by atoms with van der Waals surface area (Å²) in [5.41, 5.74) is 0.621. The molecule has 2 aliphatic heterocycles. The largest absolute Gasteiger partial charge is 0.488 e. The standard InChI is InChI=1S/C21H28O7/c1-6-11(2)20(24)27-19-18(25-12(3)22)16-14(28-21(19,4)5)9-7-13-8-10-15(23)26-17(13)16/h11,18-19H,6-10H2,1-5H3/t11?,18-,19-/m1/s1. The highest BCUT2D eigenvalue weighted by molar-refractivity contribution is 5.75. The Hall–Kier alpha value is -2.31. The van der Waals surface area contributed by atoms with Gasteiger partial charge in [-0.05, 0) is 38.7 Å². The molecule has 154 valence electrons.